The SMILES string of the molecule is CNC(c1cc(F)ccc1C)C1CCCCC1(C)C. The summed E-state index contributed by atoms with van der Waals surface area (Å²) < 4.78 is 13.6. The Morgan fingerprint density at radius 1 is 1.32 bits per heavy atom. The van der Waals surface area contributed by atoms with E-state index in [9.17, 15) is 4.39 Å². The summed E-state index contributed by atoms with van der Waals surface area (Å²) in [6.45, 7) is 6.79. The lowest BCUT2D eigenvalue weighted by atomic mass is 9.64. The van der Waals surface area contributed by atoms with Crippen molar-refractivity contribution in [3.63, 3.8) is 0 Å². The maximum absolute atomic E-state index is 13.6. The summed E-state index contributed by atoms with van der Waals surface area (Å²) in [4.78, 5) is 0. The zero-order valence-electron chi connectivity index (χ0n) is 12.6. The van der Waals surface area contributed by atoms with Crippen molar-refractivity contribution in [2.75, 3.05) is 7.05 Å². The van der Waals surface area contributed by atoms with Crippen molar-refractivity contribution < 1.29 is 4.39 Å². The maximum atomic E-state index is 13.6. The molecule has 1 aliphatic carbocycles. The number of benzene rings is 1. The minimum atomic E-state index is -0.130. The number of hydrogen-bond acceptors (Lipinski definition) is 1. The van der Waals surface area contributed by atoms with Gasteiger partial charge in [-0.3, -0.25) is 0 Å². The third kappa shape index (κ3) is 3.00. The molecule has 0 bridgehead atoms. The van der Waals surface area contributed by atoms with Gasteiger partial charge in [-0.15, -0.1) is 0 Å². The highest BCUT2D eigenvalue weighted by molar-refractivity contribution is 5.30. The lowest BCUT2D eigenvalue weighted by molar-refractivity contribution is 0.101. The van der Waals surface area contributed by atoms with Crippen LogP contribution in [0.25, 0.3) is 0 Å². The van der Waals surface area contributed by atoms with E-state index in [0.29, 0.717) is 11.3 Å². The minimum Gasteiger partial charge on any atom is -0.313 e. The fourth-order valence-electron chi connectivity index (χ4n) is 3.66. The summed E-state index contributed by atoms with van der Waals surface area (Å²) in [5.74, 6) is 0.446. The molecule has 1 fully saturated rings. The third-order valence-electron chi connectivity index (χ3n) is 4.88. The Morgan fingerprint density at radius 3 is 2.68 bits per heavy atom. The van der Waals surface area contributed by atoms with Crippen LogP contribution in [0.3, 0.4) is 0 Å². The van der Waals surface area contributed by atoms with Crippen molar-refractivity contribution in [1.29, 1.82) is 0 Å². The van der Waals surface area contributed by atoms with Crippen molar-refractivity contribution in [3.05, 3.63) is 35.1 Å². The average molecular weight is 263 g/mol. The Balaban J connectivity index is 2.35. The molecule has 0 spiro atoms. The van der Waals surface area contributed by atoms with Crippen molar-refractivity contribution in [2.24, 2.45) is 11.3 Å². The van der Waals surface area contributed by atoms with E-state index in [1.165, 1.54) is 31.2 Å². The number of aryl methyl sites for hydroxylation is 1. The van der Waals surface area contributed by atoms with Gasteiger partial charge < -0.3 is 5.32 Å². The van der Waals surface area contributed by atoms with Gasteiger partial charge in [0.15, 0.2) is 0 Å². The predicted molar refractivity (Wildman–Crippen MR) is 78.7 cm³/mol. The first-order valence-corrected chi connectivity index (χ1v) is 7.39. The predicted octanol–water partition coefficient (Wildman–Crippen LogP) is 4.61. The number of hydrogen-bond donors (Lipinski definition) is 1. The monoisotopic (exact) mass is 263 g/mol. The van der Waals surface area contributed by atoms with Crippen LogP contribution in [0.15, 0.2) is 18.2 Å². The topological polar surface area (TPSA) is 12.0 Å². The van der Waals surface area contributed by atoms with E-state index in [-0.39, 0.29) is 11.9 Å². The molecule has 2 unspecified atom stereocenters. The second-order valence-electron chi connectivity index (χ2n) is 6.61. The van der Waals surface area contributed by atoms with Crippen LogP contribution >= 0.6 is 0 Å². The molecule has 1 N–H and O–H groups in total. The molecule has 2 atom stereocenters. The van der Waals surface area contributed by atoms with Crippen molar-refractivity contribution in [2.45, 2.75) is 52.5 Å². The van der Waals surface area contributed by atoms with E-state index >= 15 is 0 Å². The van der Waals surface area contributed by atoms with Gasteiger partial charge in [-0.25, -0.2) is 4.39 Å². The van der Waals surface area contributed by atoms with Crippen LogP contribution < -0.4 is 5.32 Å². The molecule has 0 aromatic heterocycles. The van der Waals surface area contributed by atoms with Gasteiger partial charge in [-0.1, -0.05) is 32.8 Å². The summed E-state index contributed by atoms with van der Waals surface area (Å²) in [5, 5.41) is 3.45. The van der Waals surface area contributed by atoms with Crippen LogP contribution in [-0.4, -0.2) is 7.05 Å². The number of halogens is 1. The Kier molecular flexibility index (Phi) is 4.29. The molecule has 19 heavy (non-hydrogen) atoms. The first-order valence-electron chi connectivity index (χ1n) is 7.39. The Labute approximate surface area is 116 Å². The zero-order chi connectivity index (χ0) is 14.0. The molecule has 2 rings (SSSR count). The second-order valence-corrected chi connectivity index (χ2v) is 6.61. The van der Waals surface area contributed by atoms with Gasteiger partial charge >= 0.3 is 0 Å². The molecule has 2 heteroatoms. The van der Waals surface area contributed by atoms with Crippen LogP contribution in [0.4, 0.5) is 4.39 Å². The van der Waals surface area contributed by atoms with Gasteiger partial charge in [0.05, 0.1) is 0 Å². The highest BCUT2D eigenvalue weighted by Gasteiger charge is 2.38. The molecule has 0 aliphatic heterocycles. The van der Waals surface area contributed by atoms with E-state index in [4.69, 9.17) is 0 Å². The molecule has 0 heterocycles. The fraction of sp³-hybridized carbons (Fsp3) is 0.647. The van der Waals surface area contributed by atoms with Crippen molar-refractivity contribution in [3.8, 4) is 0 Å². The molecule has 1 aromatic carbocycles. The van der Waals surface area contributed by atoms with E-state index < -0.39 is 0 Å². The molecule has 1 saturated carbocycles. The maximum Gasteiger partial charge on any atom is 0.123 e. The highest BCUT2D eigenvalue weighted by atomic mass is 19.1. The Morgan fingerprint density at radius 2 is 2.05 bits per heavy atom. The molecule has 0 radical (unpaired) electrons. The lowest BCUT2D eigenvalue weighted by Gasteiger charge is -2.43. The third-order valence-corrected chi connectivity index (χ3v) is 4.88. The van der Waals surface area contributed by atoms with Gasteiger partial charge in [-0.2, -0.15) is 0 Å². The normalized spacial score (nSPS) is 24.2. The van der Waals surface area contributed by atoms with Gasteiger partial charge in [-0.05, 0) is 61.4 Å². The van der Waals surface area contributed by atoms with Crippen molar-refractivity contribution in [1.82, 2.24) is 5.32 Å². The average Bonchev–Trinajstić information content (AvgIpc) is 2.36. The summed E-state index contributed by atoms with van der Waals surface area (Å²) in [7, 11) is 2.00. The first kappa shape index (κ1) is 14.5. The van der Waals surface area contributed by atoms with Gasteiger partial charge in [0.25, 0.3) is 0 Å². The smallest absolute Gasteiger partial charge is 0.123 e. The number of rotatable bonds is 3. The molecule has 1 aliphatic rings. The van der Waals surface area contributed by atoms with Crippen LogP contribution in [0.1, 0.15) is 56.7 Å². The number of nitrogens with one attached hydrogen (secondary N) is 1. The van der Waals surface area contributed by atoms with E-state index in [0.717, 1.165) is 5.56 Å². The van der Waals surface area contributed by atoms with Crippen molar-refractivity contribution >= 4 is 0 Å². The van der Waals surface area contributed by atoms with E-state index in [2.05, 4.69) is 26.1 Å². The van der Waals surface area contributed by atoms with Crippen LogP contribution in [0.2, 0.25) is 0 Å². The molecular formula is C17H26FN. The fourth-order valence-corrected chi connectivity index (χ4v) is 3.66. The van der Waals surface area contributed by atoms with E-state index in [1.807, 2.05) is 13.1 Å². The highest BCUT2D eigenvalue weighted by Crippen LogP contribution is 2.47. The standard InChI is InChI=1S/C17H26FN/c1-12-8-9-13(18)11-14(12)16(19-4)15-7-5-6-10-17(15,2)3/h8-9,11,15-16,19H,5-7,10H2,1-4H3. The van der Waals surface area contributed by atoms with Crippen LogP contribution in [-0.2, 0) is 0 Å². The van der Waals surface area contributed by atoms with Gasteiger partial charge in [0, 0.05) is 6.04 Å². The van der Waals surface area contributed by atoms with E-state index in [1.54, 1.807) is 12.1 Å². The van der Waals surface area contributed by atoms with Gasteiger partial charge in [0.1, 0.15) is 5.82 Å². The summed E-state index contributed by atoms with van der Waals surface area (Å²) in [6, 6.07) is 5.41. The molecular weight excluding hydrogens is 237 g/mol. The lowest BCUT2D eigenvalue weighted by Crippen LogP contribution is -2.38. The summed E-state index contributed by atoms with van der Waals surface area (Å²) in [6.07, 6.45) is 5.11. The molecule has 1 nitrogen and oxygen atoms in total. The summed E-state index contributed by atoms with van der Waals surface area (Å²) >= 11 is 0. The van der Waals surface area contributed by atoms with Gasteiger partial charge in [0.2, 0.25) is 0 Å². The largest absolute Gasteiger partial charge is 0.313 e. The Hall–Kier alpha value is -0.890. The first-order chi connectivity index (χ1) is 8.95. The second kappa shape index (κ2) is 5.62. The van der Waals surface area contributed by atoms with Crippen LogP contribution in [0, 0.1) is 24.1 Å². The molecule has 106 valence electrons. The Bertz CT molecular complexity index is 439. The molecule has 1 aromatic rings. The quantitative estimate of drug-likeness (QED) is 0.839. The van der Waals surface area contributed by atoms with Crippen LogP contribution in [0.5, 0.6) is 0 Å². The molecule has 0 amide bonds. The summed E-state index contributed by atoms with van der Waals surface area (Å²) in [5.41, 5.74) is 2.63. The minimum absolute atomic E-state index is 0.130. The molecule has 0 saturated heterocycles. The zero-order valence-corrected chi connectivity index (χ0v) is 12.6.